The lowest BCUT2D eigenvalue weighted by Gasteiger charge is -2.31. The SMILES string of the molecule is COc1cc(OC)cc(C(=O)N2CCC(C(=O)NCc3n[nH]c(=O)[nH]3)CC2)c1. The first kappa shape index (κ1) is 19.5. The number of piperidine rings is 1. The van der Waals surface area contributed by atoms with Gasteiger partial charge in [0.1, 0.15) is 17.3 Å². The van der Waals surface area contributed by atoms with Gasteiger partial charge in [0.2, 0.25) is 5.91 Å². The summed E-state index contributed by atoms with van der Waals surface area (Å²) in [5, 5.41) is 8.76. The second kappa shape index (κ2) is 8.59. The zero-order valence-corrected chi connectivity index (χ0v) is 15.8. The molecule has 1 aliphatic heterocycles. The molecule has 0 radical (unpaired) electrons. The maximum Gasteiger partial charge on any atom is 0.340 e. The molecule has 2 amide bonds. The summed E-state index contributed by atoms with van der Waals surface area (Å²) in [5.74, 6) is 1.05. The number of carbonyl (C=O) groups excluding carboxylic acids is 2. The predicted octanol–water partition coefficient (Wildman–Crippen LogP) is 0.284. The van der Waals surface area contributed by atoms with Gasteiger partial charge < -0.3 is 19.7 Å². The van der Waals surface area contributed by atoms with Gasteiger partial charge in [-0.05, 0) is 25.0 Å². The molecule has 0 atom stereocenters. The summed E-state index contributed by atoms with van der Waals surface area (Å²) in [4.78, 5) is 40.3. The summed E-state index contributed by atoms with van der Waals surface area (Å²) in [5.41, 5.74) is 0.0758. The number of hydrogen-bond donors (Lipinski definition) is 3. The van der Waals surface area contributed by atoms with Crippen molar-refractivity contribution < 1.29 is 19.1 Å². The van der Waals surface area contributed by atoms with Crippen LogP contribution in [-0.2, 0) is 11.3 Å². The fourth-order valence-electron chi connectivity index (χ4n) is 3.16. The molecule has 0 spiro atoms. The number of hydrogen-bond acceptors (Lipinski definition) is 6. The second-order valence-electron chi connectivity index (χ2n) is 6.51. The third-order valence-electron chi connectivity index (χ3n) is 4.73. The van der Waals surface area contributed by atoms with Crippen LogP contribution in [-0.4, -0.2) is 59.2 Å². The second-order valence-corrected chi connectivity index (χ2v) is 6.51. The number of rotatable bonds is 6. The van der Waals surface area contributed by atoms with Crippen LogP contribution in [0.25, 0.3) is 0 Å². The number of H-pyrrole nitrogens is 2. The molecule has 1 aromatic carbocycles. The van der Waals surface area contributed by atoms with E-state index >= 15 is 0 Å². The fraction of sp³-hybridized carbons (Fsp3) is 0.444. The molecule has 2 heterocycles. The Morgan fingerprint density at radius 2 is 1.82 bits per heavy atom. The molecular weight excluding hydrogens is 366 g/mol. The highest BCUT2D eigenvalue weighted by molar-refractivity contribution is 5.95. The van der Waals surface area contributed by atoms with Crippen molar-refractivity contribution in [3.63, 3.8) is 0 Å². The van der Waals surface area contributed by atoms with Crippen LogP contribution in [0.1, 0.15) is 29.0 Å². The Morgan fingerprint density at radius 3 is 2.36 bits per heavy atom. The van der Waals surface area contributed by atoms with E-state index < -0.39 is 5.69 Å². The molecule has 2 aromatic rings. The van der Waals surface area contributed by atoms with Crippen LogP contribution in [0, 0.1) is 5.92 Å². The van der Waals surface area contributed by atoms with Crippen molar-refractivity contribution in [1.29, 1.82) is 0 Å². The van der Waals surface area contributed by atoms with Crippen molar-refractivity contribution in [2.45, 2.75) is 19.4 Å². The van der Waals surface area contributed by atoms with Gasteiger partial charge in [-0.3, -0.25) is 14.6 Å². The lowest BCUT2D eigenvalue weighted by atomic mass is 9.95. The summed E-state index contributed by atoms with van der Waals surface area (Å²) >= 11 is 0. The zero-order chi connectivity index (χ0) is 20.1. The number of benzene rings is 1. The van der Waals surface area contributed by atoms with Crippen molar-refractivity contribution in [1.82, 2.24) is 25.4 Å². The molecule has 150 valence electrons. The van der Waals surface area contributed by atoms with E-state index in [1.807, 2.05) is 0 Å². The summed E-state index contributed by atoms with van der Waals surface area (Å²) in [6, 6.07) is 5.06. The monoisotopic (exact) mass is 389 g/mol. The Hall–Kier alpha value is -3.30. The van der Waals surface area contributed by atoms with Crippen LogP contribution in [0.15, 0.2) is 23.0 Å². The van der Waals surface area contributed by atoms with Gasteiger partial charge in [-0.25, -0.2) is 9.89 Å². The van der Waals surface area contributed by atoms with E-state index in [2.05, 4.69) is 20.5 Å². The molecular formula is C18H23N5O5. The number of methoxy groups -OCH3 is 2. The Labute approximate surface area is 161 Å². The Bertz CT molecular complexity index is 876. The minimum atomic E-state index is -0.412. The molecule has 0 aliphatic carbocycles. The van der Waals surface area contributed by atoms with Crippen LogP contribution >= 0.6 is 0 Å². The molecule has 3 rings (SSSR count). The molecule has 0 saturated carbocycles. The molecule has 3 N–H and O–H groups in total. The lowest BCUT2D eigenvalue weighted by Crippen LogP contribution is -2.43. The fourth-order valence-corrected chi connectivity index (χ4v) is 3.16. The first-order valence-electron chi connectivity index (χ1n) is 8.93. The van der Waals surface area contributed by atoms with Gasteiger partial charge in [0.25, 0.3) is 5.91 Å². The number of amides is 2. The first-order valence-corrected chi connectivity index (χ1v) is 8.93. The van der Waals surface area contributed by atoms with Crippen LogP contribution in [0.5, 0.6) is 11.5 Å². The maximum atomic E-state index is 12.8. The quantitative estimate of drug-likeness (QED) is 0.651. The normalized spacial score (nSPS) is 14.6. The molecule has 0 unspecified atom stereocenters. The minimum absolute atomic E-state index is 0.112. The van der Waals surface area contributed by atoms with Gasteiger partial charge >= 0.3 is 5.69 Å². The number of aromatic nitrogens is 3. The van der Waals surface area contributed by atoms with Gasteiger partial charge in [0.15, 0.2) is 0 Å². The third kappa shape index (κ3) is 4.51. The van der Waals surface area contributed by atoms with Crippen molar-refractivity contribution in [2.24, 2.45) is 5.92 Å². The van der Waals surface area contributed by atoms with Crippen LogP contribution in [0.3, 0.4) is 0 Å². The van der Waals surface area contributed by atoms with E-state index in [0.717, 1.165) is 0 Å². The highest BCUT2D eigenvalue weighted by atomic mass is 16.5. The third-order valence-corrected chi connectivity index (χ3v) is 4.73. The van der Waals surface area contributed by atoms with Crippen molar-refractivity contribution >= 4 is 11.8 Å². The number of likely N-dealkylation sites (tertiary alicyclic amines) is 1. The van der Waals surface area contributed by atoms with Gasteiger partial charge in [-0.1, -0.05) is 0 Å². The molecule has 10 heteroatoms. The lowest BCUT2D eigenvalue weighted by molar-refractivity contribution is -0.126. The highest BCUT2D eigenvalue weighted by Gasteiger charge is 2.28. The van der Waals surface area contributed by atoms with Crippen molar-refractivity contribution in [2.75, 3.05) is 27.3 Å². The van der Waals surface area contributed by atoms with E-state index in [9.17, 15) is 14.4 Å². The molecule has 1 fully saturated rings. The van der Waals surface area contributed by atoms with Crippen molar-refractivity contribution in [3.05, 3.63) is 40.1 Å². The number of aromatic amines is 2. The number of nitrogens with zero attached hydrogens (tertiary/aromatic N) is 2. The molecule has 10 nitrogen and oxygen atoms in total. The molecule has 28 heavy (non-hydrogen) atoms. The van der Waals surface area contributed by atoms with E-state index in [4.69, 9.17) is 9.47 Å². The molecule has 1 aliphatic rings. The van der Waals surface area contributed by atoms with Gasteiger partial charge in [0.05, 0.1) is 20.8 Å². The summed E-state index contributed by atoms with van der Waals surface area (Å²) in [6.45, 7) is 1.12. The van der Waals surface area contributed by atoms with E-state index in [-0.39, 0.29) is 24.3 Å². The number of ether oxygens (including phenoxy) is 2. The smallest absolute Gasteiger partial charge is 0.340 e. The van der Waals surface area contributed by atoms with E-state index in [0.29, 0.717) is 48.8 Å². The average Bonchev–Trinajstić information content (AvgIpc) is 3.16. The van der Waals surface area contributed by atoms with E-state index in [1.54, 1.807) is 23.1 Å². The first-order chi connectivity index (χ1) is 13.5. The zero-order valence-electron chi connectivity index (χ0n) is 15.8. The largest absolute Gasteiger partial charge is 0.497 e. The number of carbonyl (C=O) groups is 2. The number of nitrogens with one attached hydrogen (secondary N) is 3. The minimum Gasteiger partial charge on any atom is -0.497 e. The average molecular weight is 389 g/mol. The predicted molar refractivity (Wildman–Crippen MR) is 99.2 cm³/mol. The molecule has 0 bridgehead atoms. The van der Waals surface area contributed by atoms with Gasteiger partial charge in [-0.2, -0.15) is 5.10 Å². The van der Waals surface area contributed by atoms with Crippen LogP contribution in [0.4, 0.5) is 0 Å². The van der Waals surface area contributed by atoms with Crippen molar-refractivity contribution in [3.8, 4) is 11.5 Å². The topological polar surface area (TPSA) is 129 Å². The molecule has 1 aromatic heterocycles. The standard InChI is InChI=1S/C18H23N5O5/c1-27-13-7-12(8-14(9-13)28-2)17(25)23-5-3-11(4-6-23)16(24)19-10-15-20-18(26)22-21-15/h7-9,11H,3-6,10H2,1-2H3,(H,19,24)(H2,20,21,22,26). The van der Waals surface area contributed by atoms with Crippen LogP contribution < -0.4 is 20.5 Å². The summed E-state index contributed by atoms with van der Waals surface area (Å²) in [7, 11) is 3.07. The Balaban J connectivity index is 1.55. The summed E-state index contributed by atoms with van der Waals surface area (Å²) < 4.78 is 10.4. The summed E-state index contributed by atoms with van der Waals surface area (Å²) in [6.07, 6.45) is 1.13. The maximum absolute atomic E-state index is 12.8. The molecule has 1 saturated heterocycles. The Morgan fingerprint density at radius 1 is 1.18 bits per heavy atom. The highest BCUT2D eigenvalue weighted by Crippen LogP contribution is 2.25. The van der Waals surface area contributed by atoms with Gasteiger partial charge in [0, 0.05) is 30.6 Å². The van der Waals surface area contributed by atoms with Crippen LogP contribution in [0.2, 0.25) is 0 Å². The Kier molecular flexibility index (Phi) is 5.97. The van der Waals surface area contributed by atoms with E-state index in [1.165, 1.54) is 14.2 Å². The van der Waals surface area contributed by atoms with Gasteiger partial charge in [-0.15, -0.1) is 0 Å².